The number of aliphatic carboxylic acids is 1. The van der Waals surface area contributed by atoms with Crippen LogP contribution in [0.4, 0.5) is 10.5 Å². The van der Waals surface area contributed by atoms with Crippen LogP contribution in [0.2, 0.25) is 0 Å². The van der Waals surface area contributed by atoms with Crippen molar-refractivity contribution in [2.24, 2.45) is 0 Å². The fourth-order valence-electron chi connectivity index (χ4n) is 4.76. The molecule has 7 heteroatoms. The maximum Gasteiger partial charge on any atom is 0.412 e. The number of carboxylic acid groups (broad SMARTS) is 1. The maximum absolute atomic E-state index is 12.8. The van der Waals surface area contributed by atoms with Crippen LogP contribution in [-0.4, -0.2) is 22.3 Å². The van der Waals surface area contributed by atoms with Gasteiger partial charge < -0.3 is 14.4 Å². The average Bonchev–Trinajstić information content (AvgIpc) is 3.68. The van der Waals surface area contributed by atoms with E-state index in [0.29, 0.717) is 30.0 Å². The van der Waals surface area contributed by atoms with Gasteiger partial charge in [0, 0.05) is 5.56 Å². The fourth-order valence-corrected chi connectivity index (χ4v) is 4.76. The summed E-state index contributed by atoms with van der Waals surface area (Å²) < 4.78 is 11.2. The van der Waals surface area contributed by atoms with Crippen LogP contribution in [0, 0.1) is 6.92 Å². The number of aryl methyl sites for hydroxylation is 1. The standard InChI is InChI=1S/C32H30N2O5/c1-4-6-22-7-5-8-26(19-22)21(3)38-31(37)33-28-20(2)34-39-29(28)25-11-9-23(10-12-25)24-13-15-27(16-14-24)32(17-18-32)30(35)36/h4-5,7-16,19,21H,1,6,17-18H2,2-3H3,(H,33,37)(H,35,36)/t21-/m1/s1. The minimum Gasteiger partial charge on any atom is -0.481 e. The number of benzene rings is 3. The van der Waals surface area contributed by atoms with E-state index in [4.69, 9.17) is 9.26 Å². The van der Waals surface area contributed by atoms with Crippen LogP contribution in [0.25, 0.3) is 22.5 Å². The summed E-state index contributed by atoms with van der Waals surface area (Å²) >= 11 is 0. The topological polar surface area (TPSA) is 102 Å². The molecule has 0 bridgehead atoms. The maximum atomic E-state index is 12.8. The Morgan fingerprint density at radius 3 is 2.33 bits per heavy atom. The molecule has 0 radical (unpaired) electrons. The van der Waals surface area contributed by atoms with Crippen LogP contribution < -0.4 is 5.32 Å². The van der Waals surface area contributed by atoms with Gasteiger partial charge in [0.25, 0.3) is 0 Å². The highest BCUT2D eigenvalue weighted by Crippen LogP contribution is 2.48. The molecule has 39 heavy (non-hydrogen) atoms. The van der Waals surface area contributed by atoms with Gasteiger partial charge >= 0.3 is 12.1 Å². The number of carbonyl (C=O) groups excluding carboxylic acids is 1. The smallest absolute Gasteiger partial charge is 0.412 e. The van der Waals surface area contributed by atoms with Crippen molar-refractivity contribution >= 4 is 17.7 Å². The number of allylic oxidation sites excluding steroid dienone is 1. The molecule has 0 saturated heterocycles. The Morgan fingerprint density at radius 2 is 1.72 bits per heavy atom. The van der Waals surface area contributed by atoms with Crippen molar-refractivity contribution in [1.82, 2.24) is 5.16 Å². The zero-order valence-corrected chi connectivity index (χ0v) is 21.9. The van der Waals surface area contributed by atoms with Gasteiger partial charge in [-0.25, -0.2) is 4.79 Å². The second kappa shape index (κ2) is 10.6. The van der Waals surface area contributed by atoms with Gasteiger partial charge in [-0.1, -0.05) is 84.0 Å². The van der Waals surface area contributed by atoms with Gasteiger partial charge in [0.1, 0.15) is 17.5 Å². The van der Waals surface area contributed by atoms with Crippen molar-refractivity contribution in [3.8, 4) is 22.5 Å². The largest absolute Gasteiger partial charge is 0.481 e. The summed E-state index contributed by atoms with van der Waals surface area (Å²) in [4.78, 5) is 24.4. The number of carbonyl (C=O) groups is 2. The fraction of sp³-hybridized carbons (Fsp3) is 0.219. The third kappa shape index (κ3) is 5.34. The number of nitrogens with one attached hydrogen (secondary N) is 1. The Kier molecular flexibility index (Phi) is 7.07. The van der Waals surface area contributed by atoms with E-state index in [-0.39, 0.29) is 0 Å². The minimum atomic E-state index is -0.762. The molecule has 5 rings (SSSR count). The first kappa shape index (κ1) is 26.0. The van der Waals surface area contributed by atoms with E-state index < -0.39 is 23.6 Å². The van der Waals surface area contributed by atoms with Crippen LogP contribution in [0.3, 0.4) is 0 Å². The Balaban J connectivity index is 1.28. The normalized spacial score (nSPS) is 14.3. The van der Waals surface area contributed by atoms with Crippen molar-refractivity contribution in [2.45, 2.75) is 44.6 Å². The molecule has 7 nitrogen and oxygen atoms in total. The van der Waals surface area contributed by atoms with E-state index in [1.165, 1.54) is 0 Å². The molecule has 0 spiro atoms. The second-order valence-corrected chi connectivity index (χ2v) is 9.92. The Labute approximate surface area is 227 Å². The number of anilines is 1. The lowest BCUT2D eigenvalue weighted by Crippen LogP contribution is -2.19. The van der Waals surface area contributed by atoms with E-state index in [1.807, 2.05) is 85.8 Å². The molecule has 4 aromatic rings. The van der Waals surface area contributed by atoms with E-state index in [9.17, 15) is 14.7 Å². The minimum absolute atomic E-state index is 0.434. The van der Waals surface area contributed by atoms with Crippen LogP contribution >= 0.6 is 0 Å². The van der Waals surface area contributed by atoms with Gasteiger partial charge in [0.15, 0.2) is 5.76 Å². The van der Waals surface area contributed by atoms with Crippen molar-refractivity contribution in [1.29, 1.82) is 0 Å². The van der Waals surface area contributed by atoms with Gasteiger partial charge in [-0.15, -0.1) is 6.58 Å². The summed E-state index contributed by atoms with van der Waals surface area (Å²) in [6.07, 6.45) is 2.88. The van der Waals surface area contributed by atoms with Gasteiger partial charge in [-0.3, -0.25) is 10.1 Å². The number of aromatic nitrogens is 1. The number of carboxylic acids is 1. The molecule has 198 valence electrons. The molecular formula is C32H30N2O5. The molecule has 3 aromatic carbocycles. The highest BCUT2D eigenvalue weighted by atomic mass is 16.6. The zero-order chi connectivity index (χ0) is 27.6. The molecule has 1 amide bonds. The molecule has 1 saturated carbocycles. The number of rotatable bonds is 9. The predicted molar refractivity (Wildman–Crippen MR) is 150 cm³/mol. The van der Waals surface area contributed by atoms with Crippen molar-refractivity contribution in [3.05, 3.63) is 108 Å². The summed E-state index contributed by atoms with van der Waals surface area (Å²) in [5.41, 5.74) is 5.81. The first-order chi connectivity index (χ1) is 18.8. The molecule has 1 heterocycles. The zero-order valence-electron chi connectivity index (χ0n) is 21.9. The number of hydrogen-bond acceptors (Lipinski definition) is 5. The van der Waals surface area contributed by atoms with Gasteiger partial charge in [-0.05, 0) is 60.9 Å². The molecule has 2 N–H and O–H groups in total. The van der Waals surface area contributed by atoms with Crippen molar-refractivity contribution in [2.75, 3.05) is 5.32 Å². The first-order valence-corrected chi connectivity index (χ1v) is 12.9. The Hall–Kier alpha value is -4.65. The summed E-state index contributed by atoms with van der Waals surface area (Å²) in [5.74, 6) is -0.327. The summed E-state index contributed by atoms with van der Waals surface area (Å²) in [5, 5.41) is 16.4. The van der Waals surface area contributed by atoms with Gasteiger partial charge in [0.2, 0.25) is 0 Å². The molecule has 1 aliphatic rings. The van der Waals surface area contributed by atoms with E-state index >= 15 is 0 Å². The Bertz CT molecular complexity index is 1520. The highest BCUT2D eigenvalue weighted by Gasteiger charge is 2.51. The van der Waals surface area contributed by atoms with E-state index in [2.05, 4.69) is 17.1 Å². The number of nitrogens with zero attached hydrogens (tertiary/aromatic N) is 1. The van der Waals surface area contributed by atoms with Crippen LogP contribution in [0.5, 0.6) is 0 Å². The molecule has 1 aliphatic carbocycles. The summed E-state index contributed by atoms with van der Waals surface area (Å²) in [6.45, 7) is 7.35. The summed E-state index contributed by atoms with van der Waals surface area (Å²) in [7, 11) is 0. The lowest BCUT2D eigenvalue weighted by atomic mass is 9.93. The van der Waals surface area contributed by atoms with E-state index in [0.717, 1.165) is 39.8 Å². The predicted octanol–water partition coefficient (Wildman–Crippen LogP) is 7.47. The number of hydrogen-bond donors (Lipinski definition) is 2. The van der Waals surface area contributed by atoms with Gasteiger partial charge in [0.05, 0.1) is 5.41 Å². The molecule has 1 fully saturated rings. The van der Waals surface area contributed by atoms with E-state index in [1.54, 1.807) is 6.92 Å². The Morgan fingerprint density at radius 1 is 1.08 bits per heavy atom. The first-order valence-electron chi connectivity index (χ1n) is 12.9. The molecule has 0 unspecified atom stereocenters. The molecule has 1 atom stereocenters. The third-order valence-corrected chi connectivity index (χ3v) is 7.25. The number of amides is 1. The monoisotopic (exact) mass is 522 g/mol. The quantitative estimate of drug-likeness (QED) is 0.221. The van der Waals surface area contributed by atoms with Crippen LogP contribution in [0.15, 0.2) is 90.0 Å². The molecule has 1 aromatic heterocycles. The van der Waals surface area contributed by atoms with Gasteiger partial charge in [-0.2, -0.15) is 0 Å². The molecular weight excluding hydrogens is 492 g/mol. The lowest BCUT2D eigenvalue weighted by molar-refractivity contribution is -0.140. The molecule has 0 aliphatic heterocycles. The van der Waals surface area contributed by atoms with Crippen molar-refractivity contribution in [3.63, 3.8) is 0 Å². The van der Waals surface area contributed by atoms with Crippen LogP contribution in [-0.2, 0) is 21.4 Å². The SMILES string of the molecule is C=CCc1cccc([C@@H](C)OC(=O)Nc2c(C)noc2-c2ccc(-c3ccc(C4(C(=O)O)CC4)cc3)cc2)c1. The highest BCUT2D eigenvalue weighted by molar-refractivity contribution is 5.91. The summed E-state index contributed by atoms with van der Waals surface area (Å²) in [6, 6.07) is 23.3. The van der Waals surface area contributed by atoms with Crippen LogP contribution in [0.1, 0.15) is 48.3 Å². The average molecular weight is 523 g/mol. The number of ether oxygens (including phenoxy) is 1. The lowest BCUT2D eigenvalue weighted by Gasteiger charge is -2.15. The third-order valence-electron chi connectivity index (χ3n) is 7.25. The van der Waals surface area contributed by atoms with Crippen molar-refractivity contribution < 1.29 is 24.0 Å². The second-order valence-electron chi connectivity index (χ2n) is 9.92.